The van der Waals surface area contributed by atoms with Crippen molar-refractivity contribution in [3.05, 3.63) is 29.8 Å². The number of benzene rings is 1. The maximum atomic E-state index is 12.2. The van der Waals surface area contributed by atoms with E-state index in [1.54, 1.807) is 0 Å². The highest BCUT2D eigenvalue weighted by atomic mass is 127. The van der Waals surface area contributed by atoms with Gasteiger partial charge >= 0.3 is 6.18 Å². The molecule has 0 aliphatic carbocycles. The van der Waals surface area contributed by atoms with Crippen molar-refractivity contribution in [2.45, 2.75) is 32.9 Å². The molecule has 0 radical (unpaired) electrons. The second-order valence-electron chi connectivity index (χ2n) is 4.84. The molecule has 0 heterocycles. The van der Waals surface area contributed by atoms with Crippen molar-refractivity contribution < 1.29 is 17.9 Å². The molecular weight excluding hydrogens is 434 g/mol. The molecule has 24 heavy (non-hydrogen) atoms. The van der Waals surface area contributed by atoms with E-state index in [0.29, 0.717) is 32.1 Å². The van der Waals surface area contributed by atoms with E-state index in [9.17, 15) is 13.2 Å². The van der Waals surface area contributed by atoms with Crippen LogP contribution in [0.5, 0.6) is 5.75 Å². The van der Waals surface area contributed by atoms with Crippen molar-refractivity contribution >= 4 is 29.9 Å². The van der Waals surface area contributed by atoms with E-state index in [0.717, 1.165) is 11.3 Å². The first kappa shape index (κ1) is 22.8. The quantitative estimate of drug-likeness (QED) is 0.354. The summed E-state index contributed by atoms with van der Waals surface area (Å²) < 4.78 is 42.0. The predicted octanol–water partition coefficient (Wildman–Crippen LogP) is 3.75. The van der Waals surface area contributed by atoms with Crippen molar-refractivity contribution in [3.8, 4) is 5.75 Å². The Morgan fingerprint density at radius 2 is 1.88 bits per heavy atom. The summed E-state index contributed by atoms with van der Waals surface area (Å²) in [5.41, 5.74) is 1.05. The average molecular weight is 459 g/mol. The molecule has 2 N–H and O–H groups in total. The van der Waals surface area contributed by atoms with Gasteiger partial charge in [-0.1, -0.05) is 18.2 Å². The minimum Gasteiger partial charge on any atom is -0.494 e. The summed E-state index contributed by atoms with van der Waals surface area (Å²) in [6.45, 7) is 5.24. The molecule has 138 valence electrons. The van der Waals surface area contributed by atoms with Gasteiger partial charge < -0.3 is 15.4 Å². The summed E-state index contributed by atoms with van der Waals surface area (Å²) in [6.07, 6.45) is -4.41. The first-order valence-electron chi connectivity index (χ1n) is 7.76. The van der Waals surface area contributed by atoms with Gasteiger partial charge in [0, 0.05) is 13.1 Å². The van der Waals surface area contributed by atoms with Crippen LogP contribution in [0.3, 0.4) is 0 Å². The molecule has 0 aliphatic rings. The Morgan fingerprint density at radius 3 is 2.50 bits per heavy atom. The van der Waals surface area contributed by atoms with Crippen molar-refractivity contribution in [1.82, 2.24) is 10.6 Å². The second-order valence-corrected chi connectivity index (χ2v) is 4.84. The molecule has 0 fully saturated rings. The van der Waals surface area contributed by atoms with Gasteiger partial charge in [0.1, 0.15) is 5.75 Å². The zero-order valence-corrected chi connectivity index (χ0v) is 16.3. The summed E-state index contributed by atoms with van der Waals surface area (Å²) in [7, 11) is 0. The van der Waals surface area contributed by atoms with Crippen LogP contribution >= 0.6 is 24.0 Å². The highest BCUT2D eigenvalue weighted by Crippen LogP contribution is 2.19. The van der Waals surface area contributed by atoms with Crippen molar-refractivity contribution in [2.75, 3.05) is 26.2 Å². The number of halogens is 4. The average Bonchev–Trinajstić information content (AvgIpc) is 2.48. The Kier molecular flexibility index (Phi) is 11.6. The zero-order valence-electron chi connectivity index (χ0n) is 13.9. The Balaban J connectivity index is 0.00000529. The minimum absolute atomic E-state index is 0. The van der Waals surface area contributed by atoms with Gasteiger partial charge in [-0.3, -0.25) is 4.99 Å². The largest absolute Gasteiger partial charge is 0.494 e. The maximum Gasteiger partial charge on any atom is 0.390 e. The zero-order chi connectivity index (χ0) is 17.1. The van der Waals surface area contributed by atoms with Crippen LogP contribution in [0, 0.1) is 0 Å². The number of nitrogens with one attached hydrogen (secondary N) is 2. The first-order valence-corrected chi connectivity index (χ1v) is 7.76. The van der Waals surface area contributed by atoms with Gasteiger partial charge in [-0.2, -0.15) is 13.2 Å². The Labute approximate surface area is 158 Å². The van der Waals surface area contributed by atoms with Gasteiger partial charge in [-0.05, 0) is 31.9 Å². The van der Waals surface area contributed by atoms with Crippen LogP contribution in [0.1, 0.15) is 25.8 Å². The third-order valence-corrected chi connectivity index (χ3v) is 2.97. The molecule has 4 nitrogen and oxygen atoms in total. The summed E-state index contributed by atoms with van der Waals surface area (Å²) >= 11 is 0. The number of hydrogen-bond donors (Lipinski definition) is 2. The molecule has 1 rings (SSSR count). The van der Waals surface area contributed by atoms with Crippen LogP contribution in [0.4, 0.5) is 13.2 Å². The molecule has 0 atom stereocenters. The monoisotopic (exact) mass is 459 g/mol. The molecule has 0 amide bonds. The van der Waals surface area contributed by atoms with E-state index < -0.39 is 12.6 Å². The Hall–Kier alpha value is -1.19. The number of guanidine groups is 1. The van der Waals surface area contributed by atoms with Gasteiger partial charge in [0.25, 0.3) is 0 Å². The van der Waals surface area contributed by atoms with E-state index in [1.807, 2.05) is 38.1 Å². The van der Waals surface area contributed by atoms with Crippen LogP contribution in [0.15, 0.2) is 29.3 Å². The minimum atomic E-state index is -4.18. The smallest absolute Gasteiger partial charge is 0.390 e. The van der Waals surface area contributed by atoms with Crippen LogP contribution in [-0.2, 0) is 6.42 Å². The first-order chi connectivity index (χ1) is 11.0. The Morgan fingerprint density at radius 1 is 1.17 bits per heavy atom. The number of nitrogens with zero attached hydrogens (tertiary/aromatic N) is 1. The lowest BCUT2D eigenvalue weighted by Crippen LogP contribution is -2.38. The lowest BCUT2D eigenvalue weighted by Gasteiger charge is -2.13. The summed E-state index contributed by atoms with van der Waals surface area (Å²) in [4.78, 5) is 3.93. The highest BCUT2D eigenvalue weighted by Gasteiger charge is 2.26. The molecule has 0 aromatic heterocycles. The fourth-order valence-electron chi connectivity index (χ4n) is 1.96. The fourth-order valence-corrected chi connectivity index (χ4v) is 1.96. The molecule has 0 spiro atoms. The molecular formula is C16H25F3IN3O. The topological polar surface area (TPSA) is 45.7 Å². The molecule has 1 aromatic rings. The summed E-state index contributed by atoms with van der Waals surface area (Å²) in [5, 5.41) is 5.98. The number of hydrogen-bond acceptors (Lipinski definition) is 2. The third-order valence-electron chi connectivity index (χ3n) is 2.97. The standard InChI is InChI=1S/C16H24F3N3O.HI/c1-3-20-15(22-12-10-16(17,18)19)21-11-9-13-7-5-6-8-14(13)23-4-2;/h5-8H,3-4,9-12H2,1-2H3,(H2,20,21,22);1H. The number of rotatable bonds is 8. The number of ether oxygens (including phenoxy) is 1. The van der Waals surface area contributed by atoms with Crippen molar-refractivity contribution in [3.63, 3.8) is 0 Å². The van der Waals surface area contributed by atoms with Gasteiger partial charge in [0.2, 0.25) is 0 Å². The maximum absolute atomic E-state index is 12.2. The van der Waals surface area contributed by atoms with Crippen LogP contribution in [-0.4, -0.2) is 38.4 Å². The second kappa shape index (κ2) is 12.2. The van der Waals surface area contributed by atoms with Gasteiger partial charge in [-0.25, -0.2) is 0 Å². The molecule has 1 aromatic carbocycles. The van der Waals surface area contributed by atoms with E-state index in [4.69, 9.17) is 4.74 Å². The lowest BCUT2D eigenvalue weighted by molar-refractivity contribution is -0.132. The molecule has 0 unspecified atom stereocenters. The van der Waals surface area contributed by atoms with Crippen molar-refractivity contribution in [2.24, 2.45) is 4.99 Å². The summed E-state index contributed by atoms with van der Waals surface area (Å²) in [5.74, 6) is 1.22. The van der Waals surface area contributed by atoms with Gasteiger partial charge in [0.15, 0.2) is 5.96 Å². The SMILES string of the molecule is CCNC(=NCCC(F)(F)F)NCCc1ccccc1OCC.I. The molecule has 8 heteroatoms. The number of para-hydroxylation sites is 1. The summed E-state index contributed by atoms with van der Waals surface area (Å²) in [6, 6.07) is 7.72. The Bertz CT molecular complexity index is 496. The molecule has 0 saturated carbocycles. The van der Waals surface area contributed by atoms with Crippen LogP contribution in [0.2, 0.25) is 0 Å². The number of aliphatic imine (C=N–C) groups is 1. The number of alkyl halides is 3. The lowest BCUT2D eigenvalue weighted by atomic mass is 10.1. The van der Waals surface area contributed by atoms with E-state index >= 15 is 0 Å². The highest BCUT2D eigenvalue weighted by molar-refractivity contribution is 14.0. The van der Waals surface area contributed by atoms with E-state index in [-0.39, 0.29) is 30.5 Å². The van der Waals surface area contributed by atoms with E-state index in [1.165, 1.54) is 0 Å². The molecule has 0 bridgehead atoms. The van der Waals surface area contributed by atoms with Crippen molar-refractivity contribution in [1.29, 1.82) is 0 Å². The predicted molar refractivity (Wildman–Crippen MR) is 101 cm³/mol. The molecule has 0 aliphatic heterocycles. The van der Waals surface area contributed by atoms with Crippen LogP contribution in [0.25, 0.3) is 0 Å². The van der Waals surface area contributed by atoms with Gasteiger partial charge in [-0.15, -0.1) is 24.0 Å². The van der Waals surface area contributed by atoms with E-state index in [2.05, 4.69) is 15.6 Å². The molecule has 0 saturated heterocycles. The van der Waals surface area contributed by atoms with Crippen LogP contribution < -0.4 is 15.4 Å². The fraction of sp³-hybridized carbons (Fsp3) is 0.562. The third kappa shape index (κ3) is 9.84. The normalized spacial score (nSPS) is 11.6. The van der Waals surface area contributed by atoms with Gasteiger partial charge in [0.05, 0.1) is 19.6 Å².